The van der Waals surface area contributed by atoms with Crippen LogP contribution in [-0.4, -0.2) is 61.0 Å². The smallest absolute Gasteiger partial charge is 0.329 e. The first-order chi connectivity index (χ1) is 16.5. The Morgan fingerprint density at radius 1 is 1.06 bits per heavy atom. The van der Waals surface area contributed by atoms with Crippen LogP contribution in [0, 0.1) is 0 Å². The number of fused-ring (bicyclic) bond motifs is 1. The molecule has 4 aromatic rings. The molecule has 1 aliphatic heterocycles. The molecule has 1 saturated heterocycles. The Balaban J connectivity index is 1.43. The van der Waals surface area contributed by atoms with Gasteiger partial charge in [0.1, 0.15) is 0 Å². The number of imidazole rings is 1. The molecular formula is C22H23ClN8O2S. The lowest BCUT2D eigenvalue weighted by molar-refractivity contribution is 0.622. The van der Waals surface area contributed by atoms with Crippen molar-refractivity contribution in [3.05, 3.63) is 68.6 Å². The number of halogens is 1. The Bertz CT molecular complexity index is 1430. The van der Waals surface area contributed by atoms with Gasteiger partial charge in [-0.15, -0.1) is 0 Å². The quantitative estimate of drug-likeness (QED) is 0.318. The van der Waals surface area contributed by atoms with Crippen LogP contribution in [0.2, 0.25) is 5.02 Å². The molecule has 0 spiro atoms. The van der Waals surface area contributed by atoms with Crippen molar-refractivity contribution >= 4 is 46.2 Å². The molecule has 176 valence electrons. The number of anilines is 2. The second kappa shape index (κ2) is 9.51. The van der Waals surface area contributed by atoms with Gasteiger partial charge in [0, 0.05) is 68.6 Å². The Morgan fingerprint density at radius 3 is 2.53 bits per heavy atom. The molecule has 0 amide bonds. The van der Waals surface area contributed by atoms with Gasteiger partial charge in [-0.05, 0) is 24.3 Å². The number of benzene rings is 1. The van der Waals surface area contributed by atoms with Gasteiger partial charge >= 0.3 is 5.69 Å². The third kappa shape index (κ3) is 4.40. The number of rotatable bonds is 6. The normalized spacial score (nSPS) is 14.2. The van der Waals surface area contributed by atoms with E-state index in [4.69, 9.17) is 16.6 Å². The van der Waals surface area contributed by atoms with Crippen LogP contribution in [0.25, 0.3) is 11.2 Å². The molecule has 12 heteroatoms. The van der Waals surface area contributed by atoms with E-state index in [0.717, 1.165) is 31.9 Å². The number of thioether (sulfide) groups is 1. The van der Waals surface area contributed by atoms with E-state index < -0.39 is 11.2 Å². The fourth-order valence-corrected chi connectivity index (χ4v) is 5.01. The number of aryl methyl sites for hydroxylation is 2. The summed E-state index contributed by atoms with van der Waals surface area (Å²) in [6, 6.07) is 9.60. The van der Waals surface area contributed by atoms with Crippen molar-refractivity contribution in [3.63, 3.8) is 0 Å². The van der Waals surface area contributed by atoms with Gasteiger partial charge in [0.15, 0.2) is 16.3 Å². The molecule has 4 heterocycles. The highest BCUT2D eigenvalue weighted by atomic mass is 35.5. The summed E-state index contributed by atoms with van der Waals surface area (Å²) in [6.07, 6.45) is 3.40. The Kier molecular flexibility index (Phi) is 6.29. The van der Waals surface area contributed by atoms with Crippen molar-refractivity contribution < 1.29 is 0 Å². The van der Waals surface area contributed by atoms with Gasteiger partial charge in [-0.2, -0.15) is 4.98 Å². The fraction of sp³-hybridized carbons (Fsp3) is 0.318. The zero-order chi connectivity index (χ0) is 23.7. The summed E-state index contributed by atoms with van der Waals surface area (Å²) in [5, 5.41) is 1.38. The molecule has 0 radical (unpaired) electrons. The van der Waals surface area contributed by atoms with Crippen molar-refractivity contribution in [1.29, 1.82) is 0 Å². The molecule has 0 saturated carbocycles. The van der Waals surface area contributed by atoms with E-state index in [1.807, 2.05) is 22.8 Å². The van der Waals surface area contributed by atoms with Gasteiger partial charge in [-0.1, -0.05) is 29.4 Å². The van der Waals surface area contributed by atoms with E-state index in [2.05, 4.69) is 30.8 Å². The first-order valence-corrected chi connectivity index (χ1v) is 12.2. The standard InChI is InChI=1S/C22H23ClN8O2S/c1-28-18-17(19(32)27-22(28)33)31(12-13-34-20-24-6-3-7-25-20)21(26-18)30-10-8-29(9-11-30)16-5-2-4-15(23)14-16/h2-7,14H,8-13H2,1H3,(H,27,32,33). The minimum absolute atomic E-state index is 0.377. The minimum Gasteiger partial charge on any atom is -0.368 e. The number of hydrogen-bond acceptors (Lipinski definition) is 8. The molecule has 0 unspecified atom stereocenters. The SMILES string of the molecule is Cn1c(=O)[nH]c(=O)c2c1nc(N1CCN(c3cccc(Cl)c3)CC1)n2CCSc1ncccn1. The summed E-state index contributed by atoms with van der Waals surface area (Å²) < 4.78 is 3.28. The Hall–Kier alpha value is -3.31. The van der Waals surface area contributed by atoms with Gasteiger partial charge < -0.3 is 14.4 Å². The Morgan fingerprint density at radius 2 is 1.79 bits per heavy atom. The maximum atomic E-state index is 12.8. The molecule has 34 heavy (non-hydrogen) atoms. The van der Waals surface area contributed by atoms with Crippen LogP contribution in [0.15, 0.2) is 57.5 Å². The third-order valence-corrected chi connectivity index (χ3v) is 6.90. The minimum atomic E-state index is -0.480. The van der Waals surface area contributed by atoms with Gasteiger partial charge in [0.2, 0.25) is 5.95 Å². The predicted octanol–water partition coefficient (Wildman–Crippen LogP) is 1.99. The molecule has 3 aromatic heterocycles. The van der Waals surface area contributed by atoms with Gasteiger partial charge in [0.05, 0.1) is 0 Å². The van der Waals surface area contributed by atoms with Crippen molar-refractivity contribution in [2.45, 2.75) is 11.7 Å². The average Bonchev–Trinajstić information content (AvgIpc) is 3.24. The highest BCUT2D eigenvalue weighted by Gasteiger charge is 2.25. The largest absolute Gasteiger partial charge is 0.368 e. The number of H-pyrrole nitrogens is 1. The molecule has 1 aliphatic rings. The molecule has 5 rings (SSSR count). The second-order valence-electron chi connectivity index (χ2n) is 7.89. The zero-order valence-corrected chi connectivity index (χ0v) is 20.1. The maximum absolute atomic E-state index is 12.8. The van der Waals surface area contributed by atoms with Crippen LogP contribution in [0.1, 0.15) is 0 Å². The molecule has 1 aromatic carbocycles. The zero-order valence-electron chi connectivity index (χ0n) is 18.5. The van der Waals surface area contributed by atoms with Gasteiger partial charge in [-0.3, -0.25) is 14.3 Å². The number of nitrogens with one attached hydrogen (secondary N) is 1. The lowest BCUT2D eigenvalue weighted by atomic mass is 10.2. The lowest BCUT2D eigenvalue weighted by Crippen LogP contribution is -2.47. The summed E-state index contributed by atoms with van der Waals surface area (Å²) in [5.41, 5.74) is 0.937. The van der Waals surface area contributed by atoms with Crippen molar-refractivity contribution in [2.24, 2.45) is 7.05 Å². The topological polar surface area (TPSA) is 105 Å². The van der Waals surface area contributed by atoms with E-state index in [-0.39, 0.29) is 0 Å². The van der Waals surface area contributed by atoms with E-state index >= 15 is 0 Å². The van der Waals surface area contributed by atoms with Crippen LogP contribution < -0.4 is 21.0 Å². The maximum Gasteiger partial charge on any atom is 0.329 e. The number of aromatic nitrogens is 6. The predicted molar refractivity (Wildman–Crippen MR) is 134 cm³/mol. The van der Waals surface area contributed by atoms with Crippen LogP contribution in [0.4, 0.5) is 11.6 Å². The lowest BCUT2D eigenvalue weighted by Gasteiger charge is -2.36. The third-order valence-electron chi connectivity index (χ3n) is 5.81. The van der Waals surface area contributed by atoms with Crippen LogP contribution >= 0.6 is 23.4 Å². The van der Waals surface area contributed by atoms with E-state index in [0.29, 0.717) is 39.6 Å². The van der Waals surface area contributed by atoms with Gasteiger partial charge in [-0.25, -0.2) is 14.8 Å². The Labute approximate surface area is 204 Å². The van der Waals surface area contributed by atoms with Crippen molar-refractivity contribution in [1.82, 2.24) is 29.1 Å². The van der Waals surface area contributed by atoms with Crippen molar-refractivity contribution in [3.8, 4) is 0 Å². The van der Waals surface area contributed by atoms with Crippen LogP contribution in [-0.2, 0) is 13.6 Å². The molecule has 0 bridgehead atoms. The number of aromatic amines is 1. The van der Waals surface area contributed by atoms with Crippen LogP contribution in [0.5, 0.6) is 0 Å². The highest BCUT2D eigenvalue weighted by molar-refractivity contribution is 7.99. The highest BCUT2D eigenvalue weighted by Crippen LogP contribution is 2.25. The molecule has 1 N–H and O–H groups in total. The molecular weight excluding hydrogens is 476 g/mol. The average molecular weight is 499 g/mol. The molecule has 1 fully saturated rings. The number of nitrogens with zero attached hydrogens (tertiary/aromatic N) is 7. The monoisotopic (exact) mass is 498 g/mol. The summed E-state index contributed by atoms with van der Waals surface area (Å²) in [7, 11) is 1.62. The summed E-state index contributed by atoms with van der Waals surface area (Å²) >= 11 is 7.67. The molecule has 0 atom stereocenters. The summed E-state index contributed by atoms with van der Waals surface area (Å²) in [6.45, 7) is 3.52. The molecule has 0 aliphatic carbocycles. The fourth-order valence-electron chi connectivity index (χ4n) is 4.10. The second-order valence-corrected chi connectivity index (χ2v) is 9.39. The van der Waals surface area contributed by atoms with Gasteiger partial charge in [0.25, 0.3) is 5.56 Å². The van der Waals surface area contributed by atoms with Crippen LogP contribution in [0.3, 0.4) is 0 Å². The van der Waals surface area contributed by atoms with E-state index in [1.54, 1.807) is 25.5 Å². The van der Waals surface area contributed by atoms with Crippen molar-refractivity contribution in [2.75, 3.05) is 41.7 Å². The van der Waals surface area contributed by atoms with E-state index in [1.165, 1.54) is 16.3 Å². The number of hydrogen-bond donors (Lipinski definition) is 1. The number of piperazine rings is 1. The summed E-state index contributed by atoms with van der Waals surface area (Å²) in [4.78, 5) is 45.0. The first kappa shape index (κ1) is 22.5. The first-order valence-electron chi connectivity index (χ1n) is 10.9. The summed E-state index contributed by atoms with van der Waals surface area (Å²) in [5.74, 6) is 1.33. The molecule has 10 nitrogen and oxygen atoms in total. The van der Waals surface area contributed by atoms with E-state index in [9.17, 15) is 9.59 Å².